The van der Waals surface area contributed by atoms with E-state index in [1.165, 1.54) is 0 Å². The Hall–Kier alpha value is -1.62. The summed E-state index contributed by atoms with van der Waals surface area (Å²) < 4.78 is 1.96. The molecule has 0 saturated carbocycles. The first-order valence-electron chi connectivity index (χ1n) is 5.63. The quantitative estimate of drug-likeness (QED) is 0.551. The molecule has 0 aliphatic carbocycles. The lowest BCUT2D eigenvalue weighted by atomic mass is 10.3. The number of nitrogens with one attached hydrogen (secondary N) is 1. The van der Waals surface area contributed by atoms with E-state index in [0.29, 0.717) is 6.54 Å². The van der Waals surface area contributed by atoms with Crippen molar-refractivity contribution in [3.05, 3.63) is 29.6 Å². The Balaban J connectivity index is 2.19. The van der Waals surface area contributed by atoms with Crippen molar-refractivity contribution >= 4 is 5.97 Å². The molecule has 94 valence electrons. The van der Waals surface area contributed by atoms with Crippen molar-refractivity contribution in [3.8, 4) is 0 Å². The van der Waals surface area contributed by atoms with Crippen molar-refractivity contribution in [3.63, 3.8) is 0 Å². The number of aryl methyl sites for hydroxylation is 3. The van der Waals surface area contributed by atoms with E-state index in [-0.39, 0.29) is 5.57 Å². The molecular formula is C12H19N3O2. The summed E-state index contributed by atoms with van der Waals surface area (Å²) in [6.45, 7) is 9.37. The molecule has 0 aromatic carbocycles. The number of aliphatic carboxylic acids is 1. The molecule has 0 saturated heterocycles. The van der Waals surface area contributed by atoms with Crippen LogP contribution in [0.15, 0.2) is 18.2 Å². The molecule has 1 rings (SSSR count). The first-order valence-corrected chi connectivity index (χ1v) is 5.63. The van der Waals surface area contributed by atoms with E-state index < -0.39 is 5.97 Å². The topological polar surface area (TPSA) is 67.2 Å². The molecule has 0 atom stereocenters. The Morgan fingerprint density at radius 3 is 2.82 bits per heavy atom. The molecule has 0 amide bonds. The maximum absolute atomic E-state index is 10.5. The highest BCUT2D eigenvalue weighted by Gasteiger charge is 2.03. The van der Waals surface area contributed by atoms with E-state index in [9.17, 15) is 4.79 Å². The van der Waals surface area contributed by atoms with Crippen molar-refractivity contribution in [2.24, 2.45) is 0 Å². The summed E-state index contributed by atoms with van der Waals surface area (Å²) >= 11 is 0. The van der Waals surface area contributed by atoms with E-state index in [0.717, 1.165) is 30.9 Å². The van der Waals surface area contributed by atoms with Crippen LogP contribution in [-0.4, -0.2) is 33.9 Å². The lowest BCUT2D eigenvalue weighted by Crippen LogP contribution is -2.22. The number of rotatable bonds is 7. The molecule has 0 radical (unpaired) electrons. The minimum atomic E-state index is -0.948. The Bertz CT molecular complexity index is 410. The van der Waals surface area contributed by atoms with Gasteiger partial charge in [0, 0.05) is 24.4 Å². The van der Waals surface area contributed by atoms with Gasteiger partial charge in [0.25, 0.3) is 0 Å². The molecular weight excluding hydrogens is 218 g/mol. The molecule has 1 aromatic heterocycles. The Morgan fingerprint density at radius 2 is 2.29 bits per heavy atom. The number of carboxylic acid groups (broad SMARTS) is 1. The van der Waals surface area contributed by atoms with Crippen LogP contribution in [0.3, 0.4) is 0 Å². The van der Waals surface area contributed by atoms with Crippen molar-refractivity contribution in [2.75, 3.05) is 13.1 Å². The van der Waals surface area contributed by atoms with Gasteiger partial charge >= 0.3 is 5.97 Å². The molecule has 2 N–H and O–H groups in total. The molecule has 0 spiro atoms. The second-order valence-electron chi connectivity index (χ2n) is 4.09. The highest BCUT2D eigenvalue weighted by atomic mass is 16.4. The molecule has 1 heterocycles. The Kier molecular flexibility index (Phi) is 4.90. The van der Waals surface area contributed by atoms with Gasteiger partial charge in [0.1, 0.15) is 0 Å². The zero-order valence-corrected chi connectivity index (χ0v) is 10.4. The van der Waals surface area contributed by atoms with E-state index >= 15 is 0 Å². The van der Waals surface area contributed by atoms with Crippen molar-refractivity contribution in [1.82, 2.24) is 15.1 Å². The molecule has 0 unspecified atom stereocenters. The minimum Gasteiger partial charge on any atom is -0.478 e. The molecule has 0 fully saturated rings. The largest absolute Gasteiger partial charge is 0.478 e. The summed E-state index contributed by atoms with van der Waals surface area (Å²) in [5.41, 5.74) is 2.36. The lowest BCUT2D eigenvalue weighted by Gasteiger charge is -2.06. The van der Waals surface area contributed by atoms with Crippen LogP contribution >= 0.6 is 0 Å². The molecule has 1 aromatic rings. The van der Waals surface area contributed by atoms with Gasteiger partial charge in [-0.05, 0) is 32.9 Å². The minimum absolute atomic E-state index is 0.191. The maximum Gasteiger partial charge on any atom is 0.332 e. The monoisotopic (exact) mass is 237 g/mol. The first kappa shape index (κ1) is 13.4. The number of carboxylic acids is 1. The van der Waals surface area contributed by atoms with Gasteiger partial charge in [0.15, 0.2) is 0 Å². The average molecular weight is 237 g/mol. The van der Waals surface area contributed by atoms with Crippen LogP contribution in [0, 0.1) is 13.8 Å². The average Bonchev–Trinajstić information content (AvgIpc) is 2.56. The second kappa shape index (κ2) is 6.20. The van der Waals surface area contributed by atoms with Gasteiger partial charge in [-0.1, -0.05) is 6.58 Å². The fourth-order valence-corrected chi connectivity index (χ4v) is 1.57. The van der Waals surface area contributed by atoms with Crippen LogP contribution in [0.5, 0.6) is 0 Å². The lowest BCUT2D eigenvalue weighted by molar-refractivity contribution is -0.132. The van der Waals surface area contributed by atoms with Gasteiger partial charge in [0.05, 0.1) is 5.69 Å². The van der Waals surface area contributed by atoms with Crippen LogP contribution in [0.2, 0.25) is 0 Å². The molecule has 17 heavy (non-hydrogen) atoms. The van der Waals surface area contributed by atoms with Crippen LogP contribution in [-0.2, 0) is 11.3 Å². The second-order valence-corrected chi connectivity index (χ2v) is 4.09. The van der Waals surface area contributed by atoms with Gasteiger partial charge in [-0.15, -0.1) is 0 Å². The maximum atomic E-state index is 10.5. The number of hydrogen-bond acceptors (Lipinski definition) is 3. The highest BCUT2D eigenvalue weighted by Crippen LogP contribution is 2.02. The van der Waals surface area contributed by atoms with E-state index in [1.807, 2.05) is 24.6 Å². The van der Waals surface area contributed by atoms with Crippen LogP contribution < -0.4 is 5.32 Å². The number of aromatic nitrogens is 2. The van der Waals surface area contributed by atoms with Gasteiger partial charge in [-0.2, -0.15) is 5.10 Å². The fraction of sp³-hybridized carbons (Fsp3) is 0.500. The predicted octanol–water partition coefficient (Wildman–Crippen LogP) is 1.12. The highest BCUT2D eigenvalue weighted by molar-refractivity contribution is 5.86. The Labute approximate surface area is 101 Å². The van der Waals surface area contributed by atoms with Gasteiger partial charge < -0.3 is 10.4 Å². The van der Waals surface area contributed by atoms with E-state index in [2.05, 4.69) is 17.0 Å². The molecule has 0 bridgehead atoms. The zero-order valence-electron chi connectivity index (χ0n) is 10.4. The van der Waals surface area contributed by atoms with Crippen molar-refractivity contribution in [2.45, 2.75) is 26.8 Å². The SMILES string of the molecule is C=C(CNCCCn1nc(C)cc1C)C(=O)O. The summed E-state index contributed by atoms with van der Waals surface area (Å²) in [6.07, 6.45) is 0.912. The summed E-state index contributed by atoms with van der Waals surface area (Å²) in [5, 5.41) is 16.0. The van der Waals surface area contributed by atoms with Gasteiger partial charge in [0.2, 0.25) is 0 Å². The van der Waals surface area contributed by atoms with Gasteiger partial charge in [-0.3, -0.25) is 4.68 Å². The number of hydrogen-bond donors (Lipinski definition) is 2. The third-order valence-electron chi connectivity index (χ3n) is 2.47. The first-order chi connectivity index (χ1) is 8.00. The van der Waals surface area contributed by atoms with Crippen LogP contribution in [0.1, 0.15) is 17.8 Å². The summed E-state index contributed by atoms with van der Waals surface area (Å²) in [7, 11) is 0. The van der Waals surface area contributed by atoms with Crippen molar-refractivity contribution in [1.29, 1.82) is 0 Å². The third kappa shape index (κ3) is 4.40. The van der Waals surface area contributed by atoms with Crippen molar-refractivity contribution < 1.29 is 9.90 Å². The smallest absolute Gasteiger partial charge is 0.332 e. The number of carbonyl (C=O) groups is 1. The molecule has 5 nitrogen and oxygen atoms in total. The van der Waals surface area contributed by atoms with E-state index in [1.54, 1.807) is 0 Å². The number of nitrogens with zero attached hydrogens (tertiary/aromatic N) is 2. The summed E-state index contributed by atoms with van der Waals surface area (Å²) in [5.74, 6) is -0.948. The fourth-order valence-electron chi connectivity index (χ4n) is 1.57. The molecule has 5 heteroatoms. The standard InChI is InChI=1S/C12H19N3O2/c1-9(12(16)17)8-13-5-4-6-15-11(3)7-10(2)14-15/h7,13H,1,4-6,8H2,2-3H3,(H,16,17). The zero-order chi connectivity index (χ0) is 12.8. The summed E-state index contributed by atoms with van der Waals surface area (Å²) in [6, 6.07) is 2.04. The molecule has 0 aliphatic rings. The normalized spacial score (nSPS) is 10.5. The van der Waals surface area contributed by atoms with E-state index in [4.69, 9.17) is 5.11 Å². The third-order valence-corrected chi connectivity index (χ3v) is 2.47. The van der Waals surface area contributed by atoms with Crippen LogP contribution in [0.25, 0.3) is 0 Å². The summed E-state index contributed by atoms with van der Waals surface area (Å²) in [4.78, 5) is 10.5. The molecule has 0 aliphatic heterocycles. The Morgan fingerprint density at radius 1 is 1.59 bits per heavy atom. The van der Waals surface area contributed by atoms with Crippen LogP contribution in [0.4, 0.5) is 0 Å². The predicted molar refractivity (Wildman–Crippen MR) is 66.0 cm³/mol. The van der Waals surface area contributed by atoms with Gasteiger partial charge in [-0.25, -0.2) is 4.79 Å².